The van der Waals surface area contributed by atoms with Crippen LogP contribution in [-0.2, 0) is 0 Å². The quantitative estimate of drug-likeness (QED) is 0.225. The Labute approximate surface area is 243 Å². The number of aromatic nitrogens is 3. The normalized spacial score (nSPS) is 11.3. The van der Waals surface area contributed by atoms with Gasteiger partial charge < -0.3 is 0 Å². The third-order valence-corrected chi connectivity index (χ3v) is 7.89. The topological polar surface area (TPSA) is 38.7 Å². The minimum absolute atomic E-state index is 0.654. The van der Waals surface area contributed by atoms with Crippen LogP contribution in [0.4, 0.5) is 0 Å². The van der Waals surface area contributed by atoms with Gasteiger partial charge in [-0.2, -0.15) is 0 Å². The number of rotatable bonds is 4. The van der Waals surface area contributed by atoms with Crippen molar-refractivity contribution in [3.8, 4) is 45.3 Å². The highest BCUT2D eigenvalue weighted by molar-refractivity contribution is 5.97. The van der Waals surface area contributed by atoms with E-state index in [1.807, 2.05) is 0 Å². The first kappa shape index (κ1) is 24.2. The molecule has 0 aliphatic carbocycles. The molecule has 0 unspecified atom stereocenters. The number of fused-ring (bicyclic) bond motifs is 3. The first-order valence-corrected chi connectivity index (χ1v) is 14.1. The smallest absolute Gasteiger partial charge is 0.164 e. The van der Waals surface area contributed by atoms with Crippen molar-refractivity contribution < 1.29 is 0 Å². The van der Waals surface area contributed by atoms with Crippen LogP contribution in [0.5, 0.6) is 0 Å². The zero-order valence-electron chi connectivity index (χ0n) is 22.8. The fourth-order valence-corrected chi connectivity index (χ4v) is 5.70. The van der Waals surface area contributed by atoms with Crippen LogP contribution in [0.3, 0.4) is 0 Å². The third-order valence-electron chi connectivity index (χ3n) is 7.89. The molecule has 0 aliphatic heterocycles. The van der Waals surface area contributed by atoms with Crippen molar-refractivity contribution in [3.05, 3.63) is 152 Å². The Balaban J connectivity index is 1.27. The summed E-state index contributed by atoms with van der Waals surface area (Å²) < 4.78 is 0. The largest absolute Gasteiger partial charge is 0.208 e. The molecule has 196 valence electrons. The number of nitrogens with zero attached hydrogens (tertiary/aromatic N) is 3. The van der Waals surface area contributed by atoms with E-state index in [0.29, 0.717) is 17.5 Å². The van der Waals surface area contributed by atoms with Gasteiger partial charge in [0.05, 0.1) is 0 Å². The van der Waals surface area contributed by atoms with E-state index in [1.54, 1.807) is 0 Å². The van der Waals surface area contributed by atoms with Crippen LogP contribution < -0.4 is 0 Å². The summed E-state index contributed by atoms with van der Waals surface area (Å²) in [7, 11) is 0. The molecule has 8 aromatic rings. The van der Waals surface area contributed by atoms with Crippen molar-refractivity contribution in [3.63, 3.8) is 0 Å². The van der Waals surface area contributed by atoms with Gasteiger partial charge in [0.25, 0.3) is 0 Å². The van der Waals surface area contributed by atoms with Crippen LogP contribution in [0, 0.1) is 0 Å². The molecule has 0 N–H and O–H groups in total. The molecule has 3 nitrogen and oxygen atoms in total. The molecule has 3 heteroatoms. The molecular weight excluding hydrogens is 510 g/mol. The fraction of sp³-hybridized carbons (Fsp3) is 0. The van der Waals surface area contributed by atoms with Crippen LogP contribution in [0.2, 0.25) is 0 Å². The average molecular weight is 536 g/mol. The average Bonchev–Trinajstić information content (AvgIpc) is 3.07. The molecule has 0 saturated heterocycles. The predicted molar refractivity (Wildman–Crippen MR) is 174 cm³/mol. The van der Waals surface area contributed by atoms with Crippen molar-refractivity contribution in [2.45, 2.75) is 0 Å². The SMILES string of the molecule is c1ccc2cc(-c3nc(-c4ccc(-c5cccc6ccccc56)cc4)nc(-c4ccc5ccccc5c4)n3)ccc2c1. The van der Waals surface area contributed by atoms with Gasteiger partial charge in [0.1, 0.15) is 0 Å². The van der Waals surface area contributed by atoms with Gasteiger partial charge in [0.15, 0.2) is 17.5 Å². The number of hydrogen-bond donors (Lipinski definition) is 0. The van der Waals surface area contributed by atoms with Crippen LogP contribution in [0.1, 0.15) is 0 Å². The lowest BCUT2D eigenvalue weighted by Gasteiger charge is -2.11. The van der Waals surface area contributed by atoms with Crippen LogP contribution in [-0.4, -0.2) is 15.0 Å². The summed E-state index contributed by atoms with van der Waals surface area (Å²) in [6.45, 7) is 0. The van der Waals surface area contributed by atoms with Crippen LogP contribution in [0.25, 0.3) is 77.6 Å². The lowest BCUT2D eigenvalue weighted by atomic mass is 9.97. The van der Waals surface area contributed by atoms with Crippen molar-refractivity contribution in [2.24, 2.45) is 0 Å². The Morgan fingerprint density at radius 2 is 0.714 bits per heavy atom. The van der Waals surface area contributed by atoms with Gasteiger partial charge in [0.2, 0.25) is 0 Å². The highest BCUT2D eigenvalue weighted by atomic mass is 15.0. The van der Waals surface area contributed by atoms with Crippen molar-refractivity contribution >= 4 is 32.3 Å². The zero-order chi connectivity index (χ0) is 27.9. The molecule has 0 aliphatic rings. The first-order valence-electron chi connectivity index (χ1n) is 14.1. The summed E-state index contributed by atoms with van der Waals surface area (Å²) in [5, 5.41) is 7.16. The molecular formula is C39H25N3. The maximum absolute atomic E-state index is 5.00. The van der Waals surface area contributed by atoms with E-state index in [4.69, 9.17) is 15.0 Å². The van der Waals surface area contributed by atoms with Gasteiger partial charge in [-0.3, -0.25) is 0 Å². The van der Waals surface area contributed by atoms with Gasteiger partial charge in [-0.05, 0) is 55.6 Å². The minimum Gasteiger partial charge on any atom is -0.208 e. The Kier molecular flexibility index (Phi) is 5.79. The monoisotopic (exact) mass is 535 g/mol. The minimum atomic E-state index is 0.654. The van der Waals surface area contributed by atoms with Gasteiger partial charge in [-0.25, -0.2) is 15.0 Å². The molecule has 0 radical (unpaired) electrons. The third kappa shape index (κ3) is 4.38. The maximum Gasteiger partial charge on any atom is 0.164 e. The molecule has 42 heavy (non-hydrogen) atoms. The highest BCUT2D eigenvalue weighted by Gasteiger charge is 2.14. The summed E-state index contributed by atoms with van der Waals surface area (Å²) in [5.74, 6) is 1.97. The van der Waals surface area contributed by atoms with Crippen LogP contribution >= 0.6 is 0 Å². The molecule has 0 saturated carbocycles. The summed E-state index contributed by atoms with van der Waals surface area (Å²) in [6, 6.07) is 53.0. The molecule has 7 aromatic carbocycles. The second-order valence-corrected chi connectivity index (χ2v) is 10.5. The summed E-state index contributed by atoms with van der Waals surface area (Å²) in [6.07, 6.45) is 0. The molecule has 8 rings (SSSR count). The van der Waals surface area contributed by atoms with Crippen molar-refractivity contribution in [1.82, 2.24) is 15.0 Å². The number of benzene rings is 7. The van der Waals surface area contributed by atoms with E-state index in [0.717, 1.165) is 33.0 Å². The zero-order valence-corrected chi connectivity index (χ0v) is 22.8. The van der Waals surface area contributed by atoms with Gasteiger partial charge in [-0.15, -0.1) is 0 Å². The molecule has 0 fully saturated rings. The van der Waals surface area contributed by atoms with Gasteiger partial charge in [-0.1, -0.05) is 140 Å². The highest BCUT2D eigenvalue weighted by Crippen LogP contribution is 2.32. The molecule has 0 amide bonds. The van der Waals surface area contributed by atoms with E-state index in [9.17, 15) is 0 Å². The second-order valence-electron chi connectivity index (χ2n) is 10.5. The lowest BCUT2D eigenvalue weighted by Crippen LogP contribution is -2.00. The summed E-state index contributed by atoms with van der Waals surface area (Å²) >= 11 is 0. The van der Waals surface area contributed by atoms with Crippen molar-refractivity contribution in [1.29, 1.82) is 0 Å². The standard InChI is InChI=1S/C39H25N3/c1-3-11-31-24-33(22-16-26(31)8-1)38-40-37(41-39(42-38)34-23-17-27-9-2-4-12-32(27)25-34)30-20-18-29(19-21-30)36-15-7-13-28-10-5-6-14-35(28)36/h1-25H. The van der Waals surface area contributed by atoms with E-state index in [1.165, 1.54) is 27.1 Å². The second kappa shape index (κ2) is 10.1. The molecule has 1 heterocycles. The van der Waals surface area contributed by atoms with E-state index in [2.05, 4.69) is 152 Å². The Morgan fingerprint density at radius 3 is 1.31 bits per heavy atom. The van der Waals surface area contributed by atoms with E-state index >= 15 is 0 Å². The van der Waals surface area contributed by atoms with Gasteiger partial charge >= 0.3 is 0 Å². The summed E-state index contributed by atoms with van der Waals surface area (Å²) in [4.78, 5) is 15.0. The van der Waals surface area contributed by atoms with Gasteiger partial charge in [0, 0.05) is 16.7 Å². The maximum atomic E-state index is 5.00. The molecule has 0 atom stereocenters. The fourth-order valence-electron chi connectivity index (χ4n) is 5.70. The van der Waals surface area contributed by atoms with Crippen LogP contribution in [0.15, 0.2) is 152 Å². The van der Waals surface area contributed by atoms with Crippen molar-refractivity contribution in [2.75, 3.05) is 0 Å². The Morgan fingerprint density at radius 1 is 0.286 bits per heavy atom. The Bertz CT molecular complexity index is 2150. The predicted octanol–water partition coefficient (Wildman–Crippen LogP) is 10.00. The first-order chi connectivity index (χ1) is 20.8. The van der Waals surface area contributed by atoms with E-state index in [-0.39, 0.29) is 0 Å². The lowest BCUT2D eigenvalue weighted by molar-refractivity contribution is 1.08. The number of hydrogen-bond acceptors (Lipinski definition) is 3. The molecule has 1 aromatic heterocycles. The van der Waals surface area contributed by atoms with E-state index < -0.39 is 0 Å². The molecule has 0 bridgehead atoms. The Hall–Kier alpha value is -5.67. The summed E-state index contributed by atoms with van der Waals surface area (Å²) in [5.41, 5.74) is 5.25. The molecule has 0 spiro atoms.